The highest BCUT2D eigenvalue weighted by Gasteiger charge is 2.23. The van der Waals surface area contributed by atoms with Gasteiger partial charge in [-0.3, -0.25) is 14.6 Å². The van der Waals surface area contributed by atoms with Crippen molar-refractivity contribution in [3.8, 4) is 5.75 Å². The maximum Gasteiger partial charge on any atom is 0.257 e. The van der Waals surface area contributed by atoms with Gasteiger partial charge in [0.05, 0.1) is 17.7 Å². The average Bonchev–Trinajstić information content (AvgIpc) is 2.60. The molecule has 0 fully saturated rings. The number of aromatic nitrogens is 1. The van der Waals surface area contributed by atoms with E-state index in [1.54, 1.807) is 42.4 Å². The Labute approximate surface area is 150 Å². The first-order valence-electron chi connectivity index (χ1n) is 7.85. The number of carbonyl (C=O) groups is 2. The molecule has 0 spiro atoms. The van der Waals surface area contributed by atoms with Crippen molar-refractivity contribution in [1.82, 2.24) is 9.88 Å². The quantitative estimate of drug-likeness (QED) is 0.914. The van der Waals surface area contributed by atoms with Crippen LogP contribution in [0.4, 0.5) is 5.69 Å². The third kappa shape index (κ3) is 3.58. The van der Waals surface area contributed by atoms with E-state index in [9.17, 15) is 9.59 Å². The summed E-state index contributed by atoms with van der Waals surface area (Å²) in [6, 6.07) is 5.06. The molecular weight excluding hydrogens is 342 g/mol. The number of carbonyl (C=O) groups excluding carboxylic acids is 2. The van der Waals surface area contributed by atoms with Crippen molar-refractivity contribution in [3.05, 3.63) is 52.3 Å². The van der Waals surface area contributed by atoms with Gasteiger partial charge in [0.1, 0.15) is 5.75 Å². The maximum absolute atomic E-state index is 12.7. The number of anilines is 1. The minimum atomic E-state index is -0.248. The third-order valence-electron chi connectivity index (χ3n) is 4.24. The summed E-state index contributed by atoms with van der Waals surface area (Å²) in [6.07, 6.45) is 3.90. The van der Waals surface area contributed by atoms with Gasteiger partial charge < -0.3 is 15.0 Å². The molecule has 0 atom stereocenters. The molecule has 1 aromatic heterocycles. The molecule has 25 heavy (non-hydrogen) atoms. The van der Waals surface area contributed by atoms with Crippen LogP contribution in [0.3, 0.4) is 0 Å². The van der Waals surface area contributed by atoms with Crippen LogP contribution < -0.4 is 10.1 Å². The van der Waals surface area contributed by atoms with Crippen LogP contribution in [0.2, 0.25) is 5.02 Å². The largest absolute Gasteiger partial charge is 0.495 e. The summed E-state index contributed by atoms with van der Waals surface area (Å²) >= 11 is 6.09. The average molecular weight is 360 g/mol. The molecule has 3 rings (SSSR count). The van der Waals surface area contributed by atoms with Crippen LogP contribution in [0.5, 0.6) is 5.75 Å². The van der Waals surface area contributed by atoms with Gasteiger partial charge in [0.15, 0.2) is 0 Å². The third-order valence-corrected chi connectivity index (χ3v) is 4.53. The predicted octanol–water partition coefficient (Wildman–Crippen LogP) is 2.90. The van der Waals surface area contributed by atoms with Gasteiger partial charge in [0.2, 0.25) is 5.91 Å². The summed E-state index contributed by atoms with van der Waals surface area (Å²) in [5, 5.41) is 3.26. The first-order valence-corrected chi connectivity index (χ1v) is 8.23. The van der Waals surface area contributed by atoms with Crippen LogP contribution in [0.25, 0.3) is 0 Å². The summed E-state index contributed by atoms with van der Waals surface area (Å²) in [4.78, 5) is 30.1. The zero-order valence-electron chi connectivity index (χ0n) is 14.0. The van der Waals surface area contributed by atoms with Gasteiger partial charge in [0, 0.05) is 38.1 Å². The van der Waals surface area contributed by atoms with Gasteiger partial charge in [-0.05, 0) is 35.7 Å². The second kappa shape index (κ2) is 7.11. The molecule has 2 aromatic rings. The molecule has 7 heteroatoms. The number of nitrogens with zero attached hydrogens (tertiary/aromatic N) is 2. The van der Waals surface area contributed by atoms with Crippen molar-refractivity contribution in [3.63, 3.8) is 0 Å². The standard InChI is InChI=1S/C18H18ClN3O3/c1-11(23)22-6-5-14-12(10-22)8-20-9-15(14)18(24)21-13-3-4-17(25-2)16(19)7-13/h3-4,7-9H,5-6,10H2,1-2H3,(H,21,24). The van der Waals surface area contributed by atoms with Crippen molar-refractivity contribution in [1.29, 1.82) is 0 Å². The molecule has 1 aliphatic heterocycles. The summed E-state index contributed by atoms with van der Waals surface area (Å²) in [6.45, 7) is 2.62. The van der Waals surface area contributed by atoms with Crippen LogP contribution >= 0.6 is 11.6 Å². The number of amides is 2. The Morgan fingerprint density at radius 1 is 1.32 bits per heavy atom. The first-order chi connectivity index (χ1) is 12.0. The Bertz CT molecular complexity index is 838. The minimum Gasteiger partial charge on any atom is -0.495 e. The molecule has 0 radical (unpaired) electrons. The fourth-order valence-electron chi connectivity index (χ4n) is 2.90. The number of rotatable bonds is 3. The number of hydrogen-bond acceptors (Lipinski definition) is 4. The number of halogens is 1. The van der Waals surface area contributed by atoms with Crippen molar-refractivity contribution < 1.29 is 14.3 Å². The van der Waals surface area contributed by atoms with Gasteiger partial charge in [-0.25, -0.2) is 0 Å². The number of fused-ring (bicyclic) bond motifs is 1. The van der Waals surface area contributed by atoms with E-state index in [2.05, 4.69) is 10.3 Å². The molecule has 0 aliphatic carbocycles. The highest BCUT2D eigenvalue weighted by atomic mass is 35.5. The van der Waals surface area contributed by atoms with Crippen molar-refractivity contribution in [2.24, 2.45) is 0 Å². The maximum atomic E-state index is 12.7. The molecule has 1 aromatic carbocycles. The number of pyridine rings is 1. The van der Waals surface area contributed by atoms with Crippen LogP contribution in [-0.2, 0) is 17.8 Å². The van der Waals surface area contributed by atoms with Gasteiger partial charge in [0.25, 0.3) is 5.91 Å². The SMILES string of the molecule is COc1ccc(NC(=O)c2cncc3c2CCN(C(C)=O)C3)cc1Cl. The minimum absolute atomic E-state index is 0.0216. The predicted molar refractivity (Wildman–Crippen MR) is 95.0 cm³/mol. The first kappa shape index (κ1) is 17.2. The molecule has 0 saturated carbocycles. The van der Waals surface area contributed by atoms with E-state index in [-0.39, 0.29) is 11.8 Å². The van der Waals surface area contributed by atoms with Gasteiger partial charge >= 0.3 is 0 Å². The van der Waals surface area contributed by atoms with Crippen LogP contribution in [0, 0.1) is 0 Å². The van der Waals surface area contributed by atoms with Gasteiger partial charge in [-0.15, -0.1) is 0 Å². The molecule has 2 heterocycles. The molecule has 130 valence electrons. The number of methoxy groups -OCH3 is 1. The second-order valence-corrected chi connectivity index (χ2v) is 6.23. The molecule has 2 amide bonds. The molecular formula is C18H18ClN3O3. The van der Waals surface area contributed by atoms with Crippen LogP contribution in [0.15, 0.2) is 30.6 Å². The lowest BCUT2D eigenvalue weighted by Gasteiger charge is -2.28. The zero-order valence-corrected chi connectivity index (χ0v) is 14.8. The van der Waals surface area contributed by atoms with E-state index in [0.29, 0.717) is 41.5 Å². The van der Waals surface area contributed by atoms with E-state index in [4.69, 9.17) is 16.3 Å². The van der Waals surface area contributed by atoms with E-state index in [1.807, 2.05) is 0 Å². The fraction of sp³-hybridized carbons (Fsp3) is 0.278. The van der Waals surface area contributed by atoms with Crippen LogP contribution in [-0.4, -0.2) is 35.4 Å². The molecule has 0 saturated heterocycles. The van der Waals surface area contributed by atoms with Gasteiger partial charge in [-0.2, -0.15) is 0 Å². The number of benzene rings is 1. The molecule has 0 unspecified atom stereocenters. The summed E-state index contributed by atoms with van der Waals surface area (Å²) in [7, 11) is 1.53. The van der Waals surface area contributed by atoms with E-state index in [1.165, 1.54) is 7.11 Å². The summed E-state index contributed by atoms with van der Waals surface area (Å²) in [5.74, 6) is 0.318. The lowest BCUT2D eigenvalue weighted by molar-refractivity contribution is -0.129. The topological polar surface area (TPSA) is 71.5 Å². The number of hydrogen-bond donors (Lipinski definition) is 1. The van der Waals surface area contributed by atoms with Crippen molar-refractivity contribution >= 4 is 29.1 Å². The molecule has 1 aliphatic rings. The monoisotopic (exact) mass is 359 g/mol. The van der Waals surface area contributed by atoms with Crippen LogP contribution in [0.1, 0.15) is 28.4 Å². The Kier molecular flexibility index (Phi) is 4.90. The lowest BCUT2D eigenvalue weighted by atomic mass is 9.96. The smallest absolute Gasteiger partial charge is 0.257 e. The van der Waals surface area contributed by atoms with E-state index < -0.39 is 0 Å². The number of ether oxygens (including phenoxy) is 1. The van der Waals surface area contributed by atoms with Gasteiger partial charge in [-0.1, -0.05) is 11.6 Å². The fourth-order valence-corrected chi connectivity index (χ4v) is 3.16. The van der Waals surface area contributed by atoms with E-state index in [0.717, 1.165) is 11.1 Å². The Hall–Kier alpha value is -2.60. The summed E-state index contributed by atoms with van der Waals surface area (Å²) in [5.41, 5.74) is 2.94. The van der Waals surface area contributed by atoms with Crippen molar-refractivity contribution in [2.45, 2.75) is 19.9 Å². The molecule has 1 N–H and O–H groups in total. The highest BCUT2D eigenvalue weighted by Crippen LogP contribution is 2.28. The lowest BCUT2D eigenvalue weighted by Crippen LogP contribution is -2.35. The Morgan fingerprint density at radius 3 is 2.80 bits per heavy atom. The van der Waals surface area contributed by atoms with E-state index >= 15 is 0 Å². The highest BCUT2D eigenvalue weighted by molar-refractivity contribution is 6.32. The normalized spacial score (nSPS) is 13.2. The summed E-state index contributed by atoms with van der Waals surface area (Å²) < 4.78 is 5.11. The number of nitrogens with one attached hydrogen (secondary N) is 1. The zero-order chi connectivity index (χ0) is 18.0. The molecule has 0 bridgehead atoms. The second-order valence-electron chi connectivity index (χ2n) is 5.82. The van der Waals surface area contributed by atoms with Crippen molar-refractivity contribution in [2.75, 3.05) is 19.0 Å². The Balaban J connectivity index is 1.83. The molecule has 6 nitrogen and oxygen atoms in total. The Morgan fingerprint density at radius 2 is 2.12 bits per heavy atom.